The Hall–Kier alpha value is -3.73. The number of nitrogens with two attached hydrogens (primary N) is 1. The van der Waals surface area contributed by atoms with Gasteiger partial charge in [-0.1, -0.05) is 29.3 Å². The first-order valence-corrected chi connectivity index (χ1v) is 11.9. The molecule has 1 aliphatic rings. The first-order chi connectivity index (χ1) is 17.6. The molecule has 10 nitrogen and oxygen atoms in total. The number of pyridine rings is 1. The Morgan fingerprint density at radius 2 is 1.86 bits per heavy atom. The van der Waals surface area contributed by atoms with Crippen molar-refractivity contribution in [3.63, 3.8) is 0 Å². The quantitative estimate of drug-likeness (QED) is 0.269. The fourth-order valence-corrected chi connectivity index (χ4v) is 3.91. The van der Waals surface area contributed by atoms with Crippen molar-refractivity contribution in [2.24, 2.45) is 5.73 Å². The Bertz CT molecular complexity index is 1340. The summed E-state index contributed by atoms with van der Waals surface area (Å²) in [4.78, 5) is 18.1. The van der Waals surface area contributed by atoms with Crippen LogP contribution in [0.25, 0.3) is 0 Å². The summed E-state index contributed by atoms with van der Waals surface area (Å²) < 4.78 is 23.1. The fourth-order valence-electron chi connectivity index (χ4n) is 3.42. The number of aromatic hydroxyl groups is 1. The SMILES string of the molecule is CN(C)C(=O)c1cccc(Oc2nc(Oc3cc(C(=N)N)ccc3O)c(Cl)c(OC3CCOC3)c2Cl)c1. The Kier molecular flexibility index (Phi) is 7.91. The molecule has 1 fully saturated rings. The van der Waals surface area contributed by atoms with Crippen molar-refractivity contribution in [2.45, 2.75) is 12.5 Å². The van der Waals surface area contributed by atoms with Gasteiger partial charge in [0.15, 0.2) is 17.2 Å². The van der Waals surface area contributed by atoms with Crippen LogP contribution in [0, 0.1) is 5.41 Å². The van der Waals surface area contributed by atoms with Gasteiger partial charge in [-0.15, -0.1) is 0 Å². The zero-order valence-corrected chi connectivity index (χ0v) is 21.5. The van der Waals surface area contributed by atoms with Crippen LogP contribution in [-0.2, 0) is 4.74 Å². The van der Waals surface area contributed by atoms with Crippen LogP contribution in [0.15, 0.2) is 42.5 Å². The monoisotopic (exact) mass is 546 g/mol. The van der Waals surface area contributed by atoms with E-state index in [1.54, 1.807) is 38.4 Å². The van der Waals surface area contributed by atoms with E-state index in [0.717, 1.165) is 0 Å². The topological polar surface area (TPSA) is 140 Å². The number of nitrogen functional groups attached to an aromatic ring is 1. The third kappa shape index (κ3) is 5.99. The van der Waals surface area contributed by atoms with Gasteiger partial charge in [0.05, 0.1) is 13.2 Å². The molecule has 4 rings (SSSR count). The summed E-state index contributed by atoms with van der Waals surface area (Å²) in [6, 6.07) is 10.6. The first kappa shape index (κ1) is 26.3. The highest BCUT2D eigenvalue weighted by atomic mass is 35.5. The third-order valence-electron chi connectivity index (χ3n) is 5.33. The molecule has 0 bridgehead atoms. The van der Waals surface area contributed by atoms with Crippen LogP contribution in [0.1, 0.15) is 22.3 Å². The smallest absolute Gasteiger partial charge is 0.253 e. The van der Waals surface area contributed by atoms with Crippen molar-refractivity contribution in [1.29, 1.82) is 5.41 Å². The number of amidine groups is 1. The predicted molar refractivity (Wildman–Crippen MR) is 138 cm³/mol. The normalized spacial score (nSPS) is 14.8. The van der Waals surface area contributed by atoms with Gasteiger partial charge >= 0.3 is 0 Å². The maximum absolute atomic E-state index is 12.4. The number of ether oxygens (including phenoxy) is 4. The molecule has 194 valence electrons. The van der Waals surface area contributed by atoms with Gasteiger partial charge in [0.2, 0.25) is 11.8 Å². The highest BCUT2D eigenvalue weighted by molar-refractivity contribution is 6.38. The van der Waals surface area contributed by atoms with Crippen molar-refractivity contribution >= 4 is 34.9 Å². The molecule has 0 radical (unpaired) electrons. The van der Waals surface area contributed by atoms with Crippen LogP contribution in [0.2, 0.25) is 10.0 Å². The maximum Gasteiger partial charge on any atom is 0.253 e. The number of phenols is 1. The van der Waals surface area contributed by atoms with Gasteiger partial charge in [-0.05, 0) is 36.4 Å². The Balaban J connectivity index is 1.75. The van der Waals surface area contributed by atoms with E-state index in [4.69, 9.17) is 53.3 Å². The van der Waals surface area contributed by atoms with Crippen LogP contribution in [-0.4, -0.2) is 60.1 Å². The highest BCUT2D eigenvalue weighted by Crippen LogP contribution is 2.47. The standard InChI is InChI=1S/C25H24Cl2N4O6/c1-31(2)25(33)14-4-3-5-15(10-14)36-23-19(26)21(35-16-8-9-34-12-16)20(27)24(30-23)37-18-11-13(22(28)29)6-7-17(18)32/h3-7,10-11,16,32H,8-9,12H2,1-2H3,(H3,28,29). The highest BCUT2D eigenvalue weighted by Gasteiger charge is 2.27. The molecule has 2 heterocycles. The molecule has 37 heavy (non-hydrogen) atoms. The molecule has 0 spiro atoms. The molecule has 1 unspecified atom stereocenters. The molecule has 1 amide bonds. The fraction of sp³-hybridized carbons (Fsp3) is 0.240. The second-order valence-corrected chi connectivity index (χ2v) is 9.07. The summed E-state index contributed by atoms with van der Waals surface area (Å²) >= 11 is 13.2. The van der Waals surface area contributed by atoms with Crippen LogP contribution in [0.5, 0.6) is 34.8 Å². The Morgan fingerprint density at radius 1 is 1.14 bits per heavy atom. The summed E-state index contributed by atoms with van der Waals surface area (Å²) in [6.45, 7) is 0.869. The molecule has 1 atom stereocenters. The summed E-state index contributed by atoms with van der Waals surface area (Å²) in [5.41, 5.74) is 6.28. The number of amides is 1. The van der Waals surface area contributed by atoms with Gasteiger partial charge < -0.3 is 34.7 Å². The number of benzene rings is 2. The van der Waals surface area contributed by atoms with Gasteiger partial charge in [0, 0.05) is 31.6 Å². The van der Waals surface area contributed by atoms with Crippen molar-refractivity contribution in [3.8, 4) is 34.8 Å². The number of nitrogens with one attached hydrogen (secondary N) is 1. The maximum atomic E-state index is 12.4. The lowest BCUT2D eigenvalue weighted by Gasteiger charge is -2.19. The van der Waals surface area contributed by atoms with Gasteiger partial charge in [-0.3, -0.25) is 10.2 Å². The number of hydrogen-bond donors (Lipinski definition) is 3. The number of carbonyl (C=O) groups excluding carboxylic acids is 1. The number of phenolic OH excluding ortho intramolecular Hbond substituents is 1. The molecule has 1 aromatic heterocycles. The lowest BCUT2D eigenvalue weighted by molar-refractivity contribution is 0.0827. The second-order valence-electron chi connectivity index (χ2n) is 8.31. The van der Waals surface area contributed by atoms with E-state index in [1.165, 1.54) is 23.1 Å². The van der Waals surface area contributed by atoms with Crippen LogP contribution < -0.4 is 19.9 Å². The van der Waals surface area contributed by atoms with Gasteiger partial charge in [-0.25, -0.2) is 0 Å². The number of carbonyl (C=O) groups is 1. The number of aromatic nitrogens is 1. The molecular weight excluding hydrogens is 523 g/mol. The number of nitrogens with zero attached hydrogens (tertiary/aromatic N) is 2. The molecule has 1 aliphatic heterocycles. The average Bonchev–Trinajstić information content (AvgIpc) is 3.38. The largest absolute Gasteiger partial charge is 0.504 e. The van der Waals surface area contributed by atoms with E-state index in [1.807, 2.05) is 0 Å². The summed E-state index contributed by atoms with van der Waals surface area (Å²) in [6.07, 6.45) is 0.311. The summed E-state index contributed by atoms with van der Waals surface area (Å²) in [7, 11) is 3.29. The van der Waals surface area contributed by atoms with Crippen molar-refractivity contribution in [3.05, 3.63) is 63.6 Å². The zero-order chi connectivity index (χ0) is 26.7. The zero-order valence-electron chi connectivity index (χ0n) is 20.0. The minimum absolute atomic E-state index is 0.0182. The number of halogens is 2. The lowest BCUT2D eigenvalue weighted by atomic mass is 10.2. The van der Waals surface area contributed by atoms with Crippen LogP contribution in [0.4, 0.5) is 0 Å². The van der Waals surface area contributed by atoms with Crippen LogP contribution >= 0.6 is 23.2 Å². The lowest BCUT2D eigenvalue weighted by Crippen LogP contribution is -2.21. The Morgan fingerprint density at radius 3 is 2.51 bits per heavy atom. The minimum Gasteiger partial charge on any atom is -0.504 e. The number of hydrogen-bond acceptors (Lipinski definition) is 8. The molecule has 3 aromatic rings. The van der Waals surface area contributed by atoms with Gasteiger partial charge in [0.25, 0.3) is 5.91 Å². The van der Waals surface area contributed by atoms with E-state index in [0.29, 0.717) is 30.8 Å². The van der Waals surface area contributed by atoms with Crippen molar-refractivity contribution in [2.75, 3.05) is 27.3 Å². The molecule has 0 saturated carbocycles. The number of rotatable bonds is 8. The van der Waals surface area contributed by atoms with E-state index in [2.05, 4.69) is 4.98 Å². The molecule has 12 heteroatoms. The Labute approximate surface area is 222 Å². The minimum atomic E-state index is -0.311. The molecular formula is C25H24Cl2N4O6. The van der Waals surface area contributed by atoms with E-state index < -0.39 is 0 Å². The molecule has 1 saturated heterocycles. The summed E-state index contributed by atoms with van der Waals surface area (Å²) in [5.74, 6) is -0.658. The first-order valence-electron chi connectivity index (χ1n) is 11.1. The average molecular weight is 547 g/mol. The van der Waals surface area contributed by atoms with Crippen molar-refractivity contribution < 1.29 is 28.8 Å². The van der Waals surface area contributed by atoms with Gasteiger partial charge in [0.1, 0.15) is 27.7 Å². The van der Waals surface area contributed by atoms with E-state index in [9.17, 15) is 9.90 Å². The van der Waals surface area contributed by atoms with E-state index >= 15 is 0 Å². The molecule has 0 aliphatic carbocycles. The molecule has 2 aromatic carbocycles. The molecule has 4 N–H and O–H groups in total. The van der Waals surface area contributed by atoms with Gasteiger partial charge in [-0.2, -0.15) is 4.98 Å². The second kappa shape index (κ2) is 11.1. The summed E-state index contributed by atoms with van der Waals surface area (Å²) in [5, 5.41) is 17.9. The van der Waals surface area contributed by atoms with Crippen LogP contribution in [0.3, 0.4) is 0 Å². The predicted octanol–water partition coefficient (Wildman–Crippen LogP) is 4.83. The van der Waals surface area contributed by atoms with Crippen molar-refractivity contribution in [1.82, 2.24) is 9.88 Å². The third-order valence-corrected chi connectivity index (χ3v) is 6.00. The van der Waals surface area contributed by atoms with E-state index in [-0.39, 0.29) is 62.7 Å².